The van der Waals surface area contributed by atoms with E-state index < -0.39 is 11.5 Å². The minimum absolute atomic E-state index is 0.0475. The van der Waals surface area contributed by atoms with Crippen LogP contribution >= 0.6 is 15.9 Å². The second-order valence-electron chi connectivity index (χ2n) is 7.16. The number of carbonyl (C=O) groups excluding carboxylic acids is 1. The average molecular weight is 389 g/mol. The molecule has 0 unspecified atom stereocenters. The number of rotatable bonds is 4. The first-order chi connectivity index (χ1) is 10.4. The van der Waals surface area contributed by atoms with Crippen molar-refractivity contribution in [3.63, 3.8) is 0 Å². The second kappa shape index (κ2) is 7.60. The standard InChI is InChI=1S/C17H26BrFN2O2/c1-10(2)13-12(8-20-15(19)14(13)18)9-21(11(3)4)16(22)23-17(5,6)7/h8,10-11H,9H2,1-7H3. The van der Waals surface area contributed by atoms with Gasteiger partial charge in [0.2, 0.25) is 5.95 Å². The highest BCUT2D eigenvalue weighted by Gasteiger charge is 2.26. The lowest BCUT2D eigenvalue weighted by Crippen LogP contribution is -2.40. The maximum atomic E-state index is 13.7. The van der Waals surface area contributed by atoms with E-state index >= 15 is 0 Å². The van der Waals surface area contributed by atoms with E-state index in [-0.39, 0.29) is 18.1 Å². The summed E-state index contributed by atoms with van der Waals surface area (Å²) in [6, 6.07) is -0.0475. The summed E-state index contributed by atoms with van der Waals surface area (Å²) in [5, 5.41) is 0. The molecule has 0 spiro atoms. The molecule has 0 aliphatic heterocycles. The fourth-order valence-electron chi connectivity index (χ4n) is 2.23. The molecule has 1 aromatic heterocycles. The summed E-state index contributed by atoms with van der Waals surface area (Å²) in [4.78, 5) is 17.8. The monoisotopic (exact) mass is 388 g/mol. The fraction of sp³-hybridized carbons (Fsp3) is 0.647. The molecule has 130 valence electrons. The number of halogens is 2. The zero-order valence-electron chi connectivity index (χ0n) is 14.9. The van der Waals surface area contributed by atoms with Crippen LogP contribution in [-0.2, 0) is 11.3 Å². The Kier molecular flexibility index (Phi) is 6.57. The molecule has 0 radical (unpaired) electrons. The van der Waals surface area contributed by atoms with Crippen LogP contribution < -0.4 is 0 Å². The summed E-state index contributed by atoms with van der Waals surface area (Å²) in [5.41, 5.74) is 1.08. The van der Waals surface area contributed by atoms with Crippen LogP contribution in [0, 0.1) is 5.95 Å². The van der Waals surface area contributed by atoms with Gasteiger partial charge in [0.1, 0.15) is 5.60 Å². The largest absolute Gasteiger partial charge is 0.444 e. The van der Waals surface area contributed by atoms with E-state index in [9.17, 15) is 9.18 Å². The number of nitrogens with zero attached hydrogens (tertiary/aromatic N) is 2. The first-order valence-electron chi connectivity index (χ1n) is 7.76. The van der Waals surface area contributed by atoms with E-state index in [4.69, 9.17) is 4.74 Å². The molecule has 1 rings (SSSR count). The van der Waals surface area contributed by atoms with Crippen LogP contribution in [0.3, 0.4) is 0 Å². The number of hydrogen-bond donors (Lipinski definition) is 0. The van der Waals surface area contributed by atoms with Crippen molar-refractivity contribution >= 4 is 22.0 Å². The number of amides is 1. The van der Waals surface area contributed by atoms with Crippen molar-refractivity contribution in [2.24, 2.45) is 0 Å². The lowest BCUT2D eigenvalue weighted by atomic mass is 9.98. The highest BCUT2D eigenvalue weighted by Crippen LogP contribution is 2.30. The Morgan fingerprint density at radius 1 is 1.35 bits per heavy atom. The predicted octanol–water partition coefficient (Wildman–Crippen LogP) is 5.25. The Morgan fingerprint density at radius 3 is 2.35 bits per heavy atom. The first-order valence-corrected chi connectivity index (χ1v) is 8.55. The molecular formula is C17H26BrFN2O2. The molecule has 0 fully saturated rings. The summed E-state index contributed by atoms with van der Waals surface area (Å²) in [5.74, 6) is -0.435. The van der Waals surface area contributed by atoms with Crippen LogP contribution in [0.2, 0.25) is 0 Å². The van der Waals surface area contributed by atoms with Crippen LogP contribution in [0.15, 0.2) is 10.7 Å². The van der Waals surface area contributed by atoms with Crippen LogP contribution in [0.4, 0.5) is 9.18 Å². The molecule has 0 aliphatic rings. The van der Waals surface area contributed by atoms with Crippen molar-refractivity contribution in [3.8, 4) is 0 Å². The number of ether oxygens (including phenoxy) is 1. The van der Waals surface area contributed by atoms with Gasteiger partial charge in [0.15, 0.2) is 0 Å². The van der Waals surface area contributed by atoms with Gasteiger partial charge in [-0.1, -0.05) is 13.8 Å². The third-order valence-corrected chi connectivity index (χ3v) is 4.02. The second-order valence-corrected chi connectivity index (χ2v) is 7.95. The van der Waals surface area contributed by atoms with Gasteiger partial charge >= 0.3 is 6.09 Å². The molecule has 0 N–H and O–H groups in total. The SMILES string of the molecule is CC(C)c1c(CN(C(=O)OC(C)(C)C)C(C)C)cnc(F)c1Br. The molecule has 0 aromatic carbocycles. The Bertz CT molecular complexity index is 568. The van der Waals surface area contributed by atoms with Gasteiger partial charge < -0.3 is 9.64 Å². The minimum atomic E-state index is -0.563. The molecule has 0 atom stereocenters. The average Bonchev–Trinajstić information content (AvgIpc) is 2.36. The summed E-state index contributed by atoms with van der Waals surface area (Å²) in [7, 11) is 0. The van der Waals surface area contributed by atoms with E-state index in [1.807, 2.05) is 48.5 Å². The predicted molar refractivity (Wildman–Crippen MR) is 92.9 cm³/mol. The Labute approximate surface area is 146 Å². The quantitative estimate of drug-likeness (QED) is 0.661. The highest BCUT2D eigenvalue weighted by atomic mass is 79.9. The molecular weight excluding hydrogens is 363 g/mol. The summed E-state index contributed by atoms with van der Waals surface area (Å²) in [6.45, 7) is 13.6. The van der Waals surface area contributed by atoms with Gasteiger partial charge in [-0.15, -0.1) is 0 Å². The summed E-state index contributed by atoms with van der Waals surface area (Å²) < 4.78 is 19.6. The van der Waals surface area contributed by atoms with Crippen molar-refractivity contribution in [3.05, 3.63) is 27.7 Å². The van der Waals surface area contributed by atoms with Gasteiger partial charge in [-0.05, 0) is 67.6 Å². The molecule has 6 heteroatoms. The van der Waals surface area contributed by atoms with Crippen LogP contribution in [0.25, 0.3) is 0 Å². The zero-order valence-corrected chi connectivity index (χ0v) is 16.5. The van der Waals surface area contributed by atoms with Crippen molar-refractivity contribution < 1.29 is 13.9 Å². The van der Waals surface area contributed by atoms with Gasteiger partial charge in [0.25, 0.3) is 0 Å². The zero-order chi connectivity index (χ0) is 17.9. The fourth-order valence-corrected chi connectivity index (χ4v) is 3.04. The molecule has 4 nitrogen and oxygen atoms in total. The van der Waals surface area contributed by atoms with E-state index in [1.165, 1.54) is 6.20 Å². The molecule has 0 saturated heterocycles. The van der Waals surface area contributed by atoms with Gasteiger partial charge in [0, 0.05) is 12.2 Å². The van der Waals surface area contributed by atoms with Gasteiger partial charge in [0.05, 0.1) is 11.0 Å². The summed E-state index contributed by atoms with van der Waals surface area (Å²) in [6.07, 6.45) is 1.11. The van der Waals surface area contributed by atoms with Crippen LogP contribution in [0.1, 0.15) is 65.5 Å². The third kappa shape index (κ3) is 5.44. The lowest BCUT2D eigenvalue weighted by Gasteiger charge is -2.31. The van der Waals surface area contributed by atoms with Gasteiger partial charge in [-0.3, -0.25) is 0 Å². The maximum Gasteiger partial charge on any atom is 0.410 e. The first kappa shape index (κ1) is 19.9. The van der Waals surface area contributed by atoms with Crippen LogP contribution in [-0.4, -0.2) is 27.6 Å². The van der Waals surface area contributed by atoms with Gasteiger partial charge in [-0.25, -0.2) is 9.78 Å². The number of carbonyl (C=O) groups is 1. The number of aromatic nitrogens is 1. The Hall–Kier alpha value is -1.17. The molecule has 0 bridgehead atoms. The topological polar surface area (TPSA) is 42.4 Å². The van der Waals surface area contributed by atoms with Crippen molar-refractivity contribution in [2.45, 2.75) is 72.6 Å². The van der Waals surface area contributed by atoms with E-state index in [0.29, 0.717) is 11.0 Å². The van der Waals surface area contributed by atoms with Crippen molar-refractivity contribution in [1.82, 2.24) is 9.88 Å². The molecule has 1 heterocycles. The van der Waals surface area contributed by atoms with Gasteiger partial charge in [-0.2, -0.15) is 4.39 Å². The summed E-state index contributed by atoms with van der Waals surface area (Å²) >= 11 is 3.27. The van der Waals surface area contributed by atoms with E-state index in [0.717, 1.165) is 11.1 Å². The lowest BCUT2D eigenvalue weighted by molar-refractivity contribution is 0.0171. The number of hydrogen-bond acceptors (Lipinski definition) is 3. The molecule has 1 aromatic rings. The highest BCUT2D eigenvalue weighted by molar-refractivity contribution is 9.10. The molecule has 23 heavy (non-hydrogen) atoms. The van der Waals surface area contributed by atoms with E-state index in [1.54, 1.807) is 4.90 Å². The number of pyridine rings is 1. The molecule has 0 aliphatic carbocycles. The molecule has 0 saturated carbocycles. The van der Waals surface area contributed by atoms with Crippen molar-refractivity contribution in [2.75, 3.05) is 0 Å². The van der Waals surface area contributed by atoms with Crippen LogP contribution in [0.5, 0.6) is 0 Å². The third-order valence-electron chi connectivity index (χ3n) is 3.27. The van der Waals surface area contributed by atoms with E-state index in [2.05, 4.69) is 20.9 Å². The minimum Gasteiger partial charge on any atom is -0.444 e. The smallest absolute Gasteiger partial charge is 0.410 e. The Balaban J connectivity index is 3.16. The maximum absolute atomic E-state index is 13.7. The van der Waals surface area contributed by atoms with Crippen molar-refractivity contribution in [1.29, 1.82) is 0 Å². The Morgan fingerprint density at radius 2 is 1.91 bits per heavy atom. The molecule has 1 amide bonds. The normalized spacial score (nSPS) is 12.0.